The van der Waals surface area contributed by atoms with Gasteiger partial charge >= 0.3 is 0 Å². The van der Waals surface area contributed by atoms with Gasteiger partial charge in [0.05, 0.1) is 6.61 Å². The van der Waals surface area contributed by atoms with E-state index >= 15 is 0 Å². The summed E-state index contributed by atoms with van der Waals surface area (Å²) in [4.78, 5) is 4.53. The number of rotatable bonds is 4. The molecular weight excluding hydrogens is 158 g/mol. The average molecular weight is 175 g/mol. The van der Waals surface area contributed by atoms with Gasteiger partial charge in [-0.15, -0.1) is 0 Å². The van der Waals surface area contributed by atoms with E-state index in [9.17, 15) is 0 Å². The largest absolute Gasteiger partial charge is 0.305 e. The van der Waals surface area contributed by atoms with Crippen molar-refractivity contribution >= 4 is 11.8 Å². The lowest BCUT2D eigenvalue weighted by Crippen LogP contribution is -2.11. The highest BCUT2D eigenvalue weighted by atomic mass is 32.2. The summed E-state index contributed by atoms with van der Waals surface area (Å²) in [5, 5.41) is 0. The first-order valence-electron chi connectivity index (χ1n) is 4.33. The van der Waals surface area contributed by atoms with Crippen LogP contribution in [0.15, 0.2) is 0 Å². The fourth-order valence-electron chi connectivity index (χ4n) is 1.49. The lowest BCUT2D eigenvalue weighted by molar-refractivity contribution is 0.130. The van der Waals surface area contributed by atoms with Crippen LogP contribution in [-0.2, 0) is 4.84 Å². The van der Waals surface area contributed by atoms with E-state index < -0.39 is 0 Å². The first-order chi connectivity index (χ1) is 5.43. The third-order valence-electron chi connectivity index (χ3n) is 2.13. The molecule has 3 heteroatoms. The molecular formula is C8H17NOS. The molecule has 1 fully saturated rings. The van der Waals surface area contributed by atoms with E-state index in [-0.39, 0.29) is 0 Å². The van der Waals surface area contributed by atoms with Gasteiger partial charge in [0.1, 0.15) is 0 Å². The Morgan fingerprint density at radius 3 is 3.09 bits per heavy atom. The molecule has 0 saturated carbocycles. The highest BCUT2D eigenvalue weighted by Gasteiger charge is 2.12. The van der Waals surface area contributed by atoms with Gasteiger partial charge < -0.3 is 4.84 Å². The monoisotopic (exact) mass is 175 g/mol. The lowest BCUT2D eigenvalue weighted by atomic mass is 10.00. The molecule has 2 nitrogen and oxygen atoms in total. The SMILES string of the molecule is NOCCCC1CCCSC1. The smallest absolute Gasteiger partial charge is 0.0679 e. The van der Waals surface area contributed by atoms with Crippen LogP contribution in [0.25, 0.3) is 0 Å². The normalized spacial score (nSPS) is 25.4. The highest BCUT2D eigenvalue weighted by Crippen LogP contribution is 2.25. The second-order valence-corrected chi connectivity index (χ2v) is 4.25. The molecule has 0 radical (unpaired) electrons. The van der Waals surface area contributed by atoms with Crippen LogP contribution in [0, 0.1) is 5.92 Å². The minimum Gasteiger partial charge on any atom is -0.305 e. The zero-order valence-electron chi connectivity index (χ0n) is 6.92. The number of nitrogens with two attached hydrogens (primary N) is 1. The molecule has 2 N–H and O–H groups in total. The summed E-state index contributed by atoms with van der Waals surface area (Å²) >= 11 is 2.09. The quantitative estimate of drug-likeness (QED) is 0.522. The molecule has 0 aromatic heterocycles. The van der Waals surface area contributed by atoms with Gasteiger partial charge in [0.2, 0.25) is 0 Å². The summed E-state index contributed by atoms with van der Waals surface area (Å²) in [6.45, 7) is 0.723. The fraction of sp³-hybridized carbons (Fsp3) is 1.00. The molecule has 1 heterocycles. The van der Waals surface area contributed by atoms with Crippen molar-refractivity contribution < 1.29 is 4.84 Å². The van der Waals surface area contributed by atoms with Gasteiger partial charge in [-0.25, -0.2) is 5.90 Å². The van der Waals surface area contributed by atoms with Crippen LogP contribution in [0.5, 0.6) is 0 Å². The molecule has 0 aromatic rings. The Morgan fingerprint density at radius 1 is 1.55 bits per heavy atom. The summed E-state index contributed by atoms with van der Waals surface area (Å²) in [5.41, 5.74) is 0. The van der Waals surface area contributed by atoms with E-state index in [0.717, 1.165) is 18.9 Å². The maximum atomic E-state index is 4.94. The molecule has 0 amide bonds. The maximum absolute atomic E-state index is 4.94. The van der Waals surface area contributed by atoms with E-state index in [1.54, 1.807) is 0 Å². The van der Waals surface area contributed by atoms with E-state index in [0.29, 0.717) is 0 Å². The fourth-order valence-corrected chi connectivity index (χ4v) is 2.69. The molecule has 66 valence electrons. The van der Waals surface area contributed by atoms with Crippen molar-refractivity contribution in [2.45, 2.75) is 25.7 Å². The molecule has 0 aliphatic carbocycles. The van der Waals surface area contributed by atoms with Crippen molar-refractivity contribution in [1.82, 2.24) is 0 Å². The van der Waals surface area contributed by atoms with Gasteiger partial charge in [-0.1, -0.05) is 0 Å². The van der Waals surface area contributed by atoms with Crippen molar-refractivity contribution in [2.24, 2.45) is 11.8 Å². The maximum Gasteiger partial charge on any atom is 0.0679 e. The Balaban J connectivity index is 1.96. The molecule has 1 aliphatic rings. The molecule has 11 heavy (non-hydrogen) atoms. The van der Waals surface area contributed by atoms with Gasteiger partial charge in [-0.2, -0.15) is 11.8 Å². The summed E-state index contributed by atoms with van der Waals surface area (Å²) < 4.78 is 0. The predicted octanol–water partition coefficient (Wildman–Crippen LogP) is 1.80. The third kappa shape index (κ3) is 3.99. The molecule has 0 aromatic carbocycles. The van der Waals surface area contributed by atoms with Crippen molar-refractivity contribution in [2.75, 3.05) is 18.1 Å². The Labute approximate surface area is 72.8 Å². The van der Waals surface area contributed by atoms with Crippen molar-refractivity contribution in [3.63, 3.8) is 0 Å². The first kappa shape index (κ1) is 9.36. The van der Waals surface area contributed by atoms with Crippen molar-refractivity contribution in [3.05, 3.63) is 0 Å². The Hall–Kier alpha value is 0.270. The second-order valence-electron chi connectivity index (χ2n) is 3.10. The minimum atomic E-state index is 0.723. The lowest BCUT2D eigenvalue weighted by Gasteiger charge is -2.20. The van der Waals surface area contributed by atoms with Crippen LogP contribution in [0.2, 0.25) is 0 Å². The van der Waals surface area contributed by atoms with Gasteiger partial charge in [0, 0.05) is 0 Å². The Morgan fingerprint density at radius 2 is 2.45 bits per heavy atom. The van der Waals surface area contributed by atoms with Crippen LogP contribution >= 0.6 is 11.8 Å². The summed E-state index contributed by atoms with van der Waals surface area (Å²) in [6.07, 6.45) is 5.24. The van der Waals surface area contributed by atoms with E-state index in [4.69, 9.17) is 5.90 Å². The average Bonchev–Trinajstić information content (AvgIpc) is 2.07. The molecule has 0 bridgehead atoms. The molecule has 0 spiro atoms. The van der Waals surface area contributed by atoms with Gasteiger partial charge in [0.15, 0.2) is 0 Å². The minimum absolute atomic E-state index is 0.723. The van der Waals surface area contributed by atoms with Crippen molar-refractivity contribution in [1.29, 1.82) is 0 Å². The van der Waals surface area contributed by atoms with Crippen LogP contribution in [0.4, 0.5) is 0 Å². The zero-order valence-corrected chi connectivity index (χ0v) is 7.74. The van der Waals surface area contributed by atoms with Crippen LogP contribution in [-0.4, -0.2) is 18.1 Å². The van der Waals surface area contributed by atoms with Crippen LogP contribution in [0.3, 0.4) is 0 Å². The van der Waals surface area contributed by atoms with Gasteiger partial charge in [0.25, 0.3) is 0 Å². The molecule has 1 rings (SSSR count). The Bertz CT molecular complexity index is 94.1. The zero-order chi connectivity index (χ0) is 7.94. The number of hydrogen-bond acceptors (Lipinski definition) is 3. The molecule has 1 saturated heterocycles. The second kappa shape index (κ2) is 5.86. The summed E-state index contributed by atoms with van der Waals surface area (Å²) in [6, 6.07) is 0. The van der Waals surface area contributed by atoms with Gasteiger partial charge in [-0.05, 0) is 43.1 Å². The van der Waals surface area contributed by atoms with Gasteiger partial charge in [-0.3, -0.25) is 0 Å². The summed E-state index contributed by atoms with van der Waals surface area (Å²) in [7, 11) is 0. The van der Waals surface area contributed by atoms with Crippen molar-refractivity contribution in [3.8, 4) is 0 Å². The Kier molecular flexibility index (Phi) is 4.99. The highest BCUT2D eigenvalue weighted by molar-refractivity contribution is 7.99. The van der Waals surface area contributed by atoms with Crippen LogP contribution < -0.4 is 5.90 Å². The number of thioether (sulfide) groups is 1. The van der Waals surface area contributed by atoms with E-state index in [1.165, 1.54) is 30.8 Å². The predicted molar refractivity (Wildman–Crippen MR) is 49.4 cm³/mol. The topological polar surface area (TPSA) is 35.2 Å². The first-order valence-corrected chi connectivity index (χ1v) is 5.48. The van der Waals surface area contributed by atoms with Crippen LogP contribution in [0.1, 0.15) is 25.7 Å². The number of hydrogen-bond donors (Lipinski definition) is 1. The molecule has 1 atom stereocenters. The van der Waals surface area contributed by atoms with E-state index in [2.05, 4.69) is 16.6 Å². The third-order valence-corrected chi connectivity index (χ3v) is 3.41. The molecule has 1 unspecified atom stereocenters. The summed E-state index contributed by atoms with van der Waals surface area (Å²) in [5.74, 6) is 8.59. The molecule has 1 aliphatic heterocycles. The standard InChI is InChI=1S/C8H17NOS/c9-10-5-1-3-8-4-2-6-11-7-8/h8H,1-7,9H2. The van der Waals surface area contributed by atoms with E-state index in [1.807, 2.05) is 0 Å².